The zero-order valence-corrected chi connectivity index (χ0v) is 12.5. The van der Waals surface area contributed by atoms with Gasteiger partial charge < -0.3 is 10.4 Å². The van der Waals surface area contributed by atoms with E-state index in [4.69, 9.17) is 5.11 Å². The lowest BCUT2D eigenvalue weighted by atomic mass is 9.99. The van der Waals surface area contributed by atoms with Crippen LogP contribution in [0.3, 0.4) is 0 Å². The van der Waals surface area contributed by atoms with Gasteiger partial charge in [0.15, 0.2) is 0 Å². The van der Waals surface area contributed by atoms with Crippen LogP contribution in [-0.4, -0.2) is 42.8 Å². The van der Waals surface area contributed by atoms with Crippen molar-refractivity contribution in [1.82, 2.24) is 10.2 Å². The number of benzene rings is 1. The van der Waals surface area contributed by atoms with E-state index in [1.807, 2.05) is 6.07 Å². The first-order valence-corrected chi connectivity index (χ1v) is 7.06. The third kappa shape index (κ3) is 5.75. The second kappa shape index (κ2) is 9.29. The second-order valence-electron chi connectivity index (χ2n) is 5.30. The van der Waals surface area contributed by atoms with Crippen molar-refractivity contribution in [3.05, 3.63) is 35.6 Å². The maximum Gasteiger partial charge on any atom is 0.123 e. The molecule has 5 heteroatoms. The Morgan fingerprint density at radius 2 is 2.25 bits per heavy atom. The fraction of sp³-hybridized carbons (Fsp3) is 0.600. The Morgan fingerprint density at radius 1 is 1.40 bits per heavy atom. The molecule has 0 saturated carbocycles. The normalized spacial score (nSPS) is 18.9. The molecule has 1 aliphatic heterocycles. The highest BCUT2D eigenvalue weighted by Crippen LogP contribution is 2.14. The largest absolute Gasteiger partial charge is 0.395 e. The van der Waals surface area contributed by atoms with Crippen LogP contribution in [-0.2, 0) is 6.54 Å². The Balaban J connectivity index is 0.00000200. The Hall–Kier alpha value is -0.680. The third-order valence-corrected chi connectivity index (χ3v) is 3.63. The van der Waals surface area contributed by atoms with E-state index in [0.29, 0.717) is 19.0 Å². The van der Waals surface area contributed by atoms with Crippen LogP contribution in [0.5, 0.6) is 0 Å². The van der Waals surface area contributed by atoms with E-state index in [1.165, 1.54) is 18.9 Å². The first-order chi connectivity index (χ1) is 9.28. The van der Waals surface area contributed by atoms with E-state index in [-0.39, 0.29) is 24.8 Å². The van der Waals surface area contributed by atoms with E-state index in [2.05, 4.69) is 10.2 Å². The van der Waals surface area contributed by atoms with Gasteiger partial charge in [-0.2, -0.15) is 0 Å². The van der Waals surface area contributed by atoms with Crippen molar-refractivity contribution < 1.29 is 9.50 Å². The highest BCUT2D eigenvalue weighted by Gasteiger charge is 2.17. The van der Waals surface area contributed by atoms with Gasteiger partial charge in [0.1, 0.15) is 5.82 Å². The highest BCUT2D eigenvalue weighted by atomic mass is 35.5. The molecule has 3 nitrogen and oxygen atoms in total. The van der Waals surface area contributed by atoms with Gasteiger partial charge in [-0.25, -0.2) is 4.39 Å². The number of hydrogen-bond acceptors (Lipinski definition) is 3. The van der Waals surface area contributed by atoms with Crippen molar-refractivity contribution in [2.45, 2.75) is 19.4 Å². The number of nitrogens with zero attached hydrogens (tertiary/aromatic N) is 1. The molecule has 0 spiro atoms. The Bertz CT molecular complexity index is 386. The fourth-order valence-electron chi connectivity index (χ4n) is 2.71. The molecule has 2 rings (SSSR count). The van der Waals surface area contributed by atoms with Crippen LogP contribution < -0.4 is 5.32 Å². The summed E-state index contributed by atoms with van der Waals surface area (Å²) in [6, 6.07) is 6.71. The Morgan fingerprint density at radius 3 is 2.90 bits per heavy atom. The quantitative estimate of drug-likeness (QED) is 0.844. The predicted molar refractivity (Wildman–Crippen MR) is 81.6 cm³/mol. The van der Waals surface area contributed by atoms with Crippen LogP contribution in [0.2, 0.25) is 0 Å². The summed E-state index contributed by atoms with van der Waals surface area (Å²) in [5.41, 5.74) is 0.970. The van der Waals surface area contributed by atoms with Crippen molar-refractivity contribution in [2.75, 3.05) is 32.8 Å². The van der Waals surface area contributed by atoms with Gasteiger partial charge in [-0.3, -0.25) is 4.90 Å². The zero-order chi connectivity index (χ0) is 13.5. The molecule has 0 aromatic heterocycles. The summed E-state index contributed by atoms with van der Waals surface area (Å²) in [7, 11) is 0. The van der Waals surface area contributed by atoms with E-state index in [9.17, 15) is 4.39 Å². The number of nitrogens with one attached hydrogen (secondary N) is 1. The summed E-state index contributed by atoms with van der Waals surface area (Å²) in [6.45, 7) is 4.62. The van der Waals surface area contributed by atoms with Crippen LogP contribution >= 0.6 is 12.4 Å². The lowest BCUT2D eigenvalue weighted by Crippen LogP contribution is -2.39. The van der Waals surface area contributed by atoms with Gasteiger partial charge in [0.2, 0.25) is 0 Å². The summed E-state index contributed by atoms with van der Waals surface area (Å²) in [6.07, 6.45) is 2.45. The molecule has 0 bridgehead atoms. The van der Waals surface area contributed by atoms with Crippen LogP contribution in [0.4, 0.5) is 4.39 Å². The zero-order valence-electron chi connectivity index (χ0n) is 11.7. The second-order valence-corrected chi connectivity index (χ2v) is 5.30. The van der Waals surface area contributed by atoms with Crippen LogP contribution in [0.1, 0.15) is 18.4 Å². The minimum absolute atomic E-state index is 0. The molecule has 0 aliphatic carbocycles. The van der Waals surface area contributed by atoms with Crippen molar-refractivity contribution in [1.29, 1.82) is 0 Å². The topological polar surface area (TPSA) is 35.5 Å². The lowest BCUT2D eigenvalue weighted by molar-refractivity contribution is 0.158. The summed E-state index contributed by atoms with van der Waals surface area (Å²) in [5.74, 6) is 0.439. The van der Waals surface area contributed by atoms with E-state index < -0.39 is 0 Å². The molecule has 1 aliphatic rings. The third-order valence-electron chi connectivity index (χ3n) is 3.63. The molecule has 1 aromatic carbocycles. The molecular formula is C15H24ClFN2O. The molecule has 1 atom stereocenters. The number of piperidine rings is 1. The number of aliphatic hydroxyl groups is 1. The van der Waals surface area contributed by atoms with Gasteiger partial charge >= 0.3 is 0 Å². The molecule has 1 aromatic rings. The number of hydrogen-bond donors (Lipinski definition) is 2. The van der Waals surface area contributed by atoms with Gasteiger partial charge in [0.25, 0.3) is 0 Å². The average molecular weight is 303 g/mol. The molecule has 2 N–H and O–H groups in total. The van der Waals surface area contributed by atoms with E-state index >= 15 is 0 Å². The molecule has 1 saturated heterocycles. The lowest BCUT2D eigenvalue weighted by Gasteiger charge is -2.29. The summed E-state index contributed by atoms with van der Waals surface area (Å²) < 4.78 is 13.2. The van der Waals surface area contributed by atoms with Gasteiger partial charge in [-0.1, -0.05) is 12.1 Å². The summed E-state index contributed by atoms with van der Waals surface area (Å²) >= 11 is 0. The predicted octanol–water partition coefficient (Wildman–Crippen LogP) is 2.04. The Labute approximate surface area is 126 Å². The minimum Gasteiger partial charge on any atom is -0.395 e. The van der Waals surface area contributed by atoms with Crippen molar-refractivity contribution in [3.63, 3.8) is 0 Å². The molecule has 0 radical (unpaired) electrons. The van der Waals surface area contributed by atoms with Crippen LogP contribution in [0.15, 0.2) is 24.3 Å². The summed E-state index contributed by atoms with van der Waals surface area (Å²) in [4.78, 5) is 2.21. The van der Waals surface area contributed by atoms with Crippen LogP contribution in [0, 0.1) is 11.7 Å². The first-order valence-electron chi connectivity index (χ1n) is 7.06. The number of halogens is 2. The molecule has 20 heavy (non-hydrogen) atoms. The molecule has 1 heterocycles. The van der Waals surface area contributed by atoms with Crippen LogP contribution in [0.25, 0.3) is 0 Å². The maximum atomic E-state index is 13.2. The minimum atomic E-state index is -0.194. The Kier molecular flexibility index (Phi) is 8.07. The average Bonchev–Trinajstić information content (AvgIpc) is 2.40. The van der Waals surface area contributed by atoms with E-state index in [0.717, 1.165) is 25.2 Å². The maximum absolute atomic E-state index is 13.2. The van der Waals surface area contributed by atoms with Gasteiger partial charge in [-0.05, 0) is 49.5 Å². The molecular weight excluding hydrogens is 279 g/mol. The molecule has 1 unspecified atom stereocenters. The molecule has 1 fully saturated rings. The monoisotopic (exact) mass is 302 g/mol. The standard InChI is InChI=1S/C15H23FN2O.ClH/c16-15-5-1-3-13(9-15)11-18(7-8-19)12-14-4-2-6-17-10-14;/h1,3,5,9,14,17,19H,2,4,6-8,10-12H2;1H. The van der Waals surface area contributed by atoms with Crippen molar-refractivity contribution in [3.8, 4) is 0 Å². The van der Waals surface area contributed by atoms with Gasteiger partial charge in [-0.15, -0.1) is 12.4 Å². The SMILES string of the molecule is Cl.OCCN(Cc1cccc(F)c1)CC1CCCNC1. The first kappa shape index (κ1) is 17.4. The van der Waals surface area contributed by atoms with Crippen molar-refractivity contribution in [2.24, 2.45) is 5.92 Å². The number of rotatable bonds is 6. The van der Waals surface area contributed by atoms with Gasteiger partial charge in [0, 0.05) is 19.6 Å². The number of aliphatic hydroxyl groups excluding tert-OH is 1. The highest BCUT2D eigenvalue weighted by molar-refractivity contribution is 5.85. The summed E-state index contributed by atoms with van der Waals surface area (Å²) in [5, 5.41) is 12.6. The van der Waals surface area contributed by atoms with E-state index in [1.54, 1.807) is 12.1 Å². The fourth-order valence-corrected chi connectivity index (χ4v) is 2.71. The van der Waals surface area contributed by atoms with Gasteiger partial charge in [0.05, 0.1) is 6.61 Å². The molecule has 114 valence electrons. The smallest absolute Gasteiger partial charge is 0.123 e. The molecule has 0 amide bonds. The van der Waals surface area contributed by atoms with Crippen molar-refractivity contribution >= 4 is 12.4 Å².